The van der Waals surface area contributed by atoms with Crippen LogP contribution in [0.25, 0.3) is 0 Å². The zero-order valence-electron chi connectivity index (χ0n) is 9.57. The van der Waals surface area contributed by atoms with E-state index in [2.05, 4.69) is 0 Å². The summed E-state index contributed by atoms with van der Waals surface area (Å²) >= 11 is 0. The minimum absolute atomic E-state index is 0.131. The lowest BCUT2D eigenvalue weighted by Gasteiger charge is -2.11. The highest BCUT2D eigenvalue weighted by atomic mass is 16.5. The Morgan fingerprint density at radius 2 is 2.00 bits per heavy atom. The van der Waals surface area contributed by atoms with Gasteiger partial charge in [0.25, 0.3) is 0 Å². The Morgan fingerprint density at radius 1 is 1.25 bits per heavy atom. The van der Waals surface area contributed by atoms with E-state index in [-0.39, 0.29) is 12.4 Å². The Kier molecular flexibility index (Phi) is 4.92. The number of phenolic OH excluding ortho intramolecular Hbond substituents is 1. The van der Waals surface area contributed by atoms with Gasteiger partial charge in [-0.25, -0.2) is 0 Å². The smallest absolute Gasteiger partial charge is 0.162 e. The summed E-state index contributed by atoms with van der Waals surface area (Å²) in [6.45, 7) is 0.208. The number of hydrogen-bond donors (Lipinski definition) is 3. The van der Waals surface area contributed by atoms with E-state index in [9.17, 15) is 5.11 Å². The Hall–Kier alpha value is -1.42. The highest BCUT2D eigenvalue weighted by molar-refractivity contribution is 5.59. The van der Waals surface area contributed by atoms with Crippen LogP contribution in [-0.2, 0) is 6.42 Å². The van der Waals surface area contributed by atoms with Crippen LogP contribution in [0.1, 0.15) is 24.8 Å². The number of aliphatic hydroxyl groups is 1. The van der Waals surface area contributed by atoms with E-state index in [0.29, 0.717) is 17.9 Å². The first kappa shape index (κ1) is 12.6. The minimum atomic E-state index is 0.131. The molecular formula is C12H19NO3. The van der Waals surface area contributed by atoms with Crippen LogP contribution in [0, 0.1) is 0 Å². The molecule has 0 aliphatic heterocycles. The predicted octanol–water partition coefficient (Wildman–Crippen LogP) is 1.69. The van der Waals surface area contributed by atoms with Crippen molar-refractivity contribution in [3.63, 3.8) is 0 Å². The maximum absolute atomic E-state index is 9.87. The maximum Gasteiger partial charge on any atom is 0.162 e. The molecule has 0 saturated heterocycles. The molecule has 0 spiro atoms. The van der Waals surface area contributed by atoms with Gasteiger partial charge >= 0.3 is 0 Å². The summed E-state index contributed by atoms with van der Waals surface area (Å²) < 4.78 is 5.02. The number of rotatable bonds is 6. The molecule has 0 radical (unpaired) electrons. The van der Waals surface area contributed by atoms with Crippen LogP contribution in [0.3, 0.4) is 0 Å². The van der Waals surface area contributed by atoms with Gasteiger partial charge in [-0.1, -0.05) is 6.42 Å². The number of aliphatic hydroxyl groups excluding tert-OH is 1. The lowest BCUT2D eigenvalue weighted by molar-refractivity contribution is 0.283. The average Bonchev–Trinajstić information content (AvgIpc) is 2.28. The molecule has 0 bridgehead atoms. The number of phenols is 1. The molecule has 4 heteroatoms. The first-order chi connectivity index (χ1) is 7.70. The number of anilines is 1. The van der Waals surface area contributed by atoms with Crippen molar-refractivity contribution in [3.8, 4) is 11.5 Å². The van der Waals surface area contributed by atoms with E-state index >= 15 is 0 Å². The molecule has 16 heavy (non-hydrogen) atoms. The van der Waals surface area contributed by atoms with Crippen LogP contribution in [-0.4, -0.2) is 23.9 Å². The van der Waals surface area contributed by atoms with Gasteiger partial charge in [0.2, 0.25) is 0 Å². The lowest BCUT2D eigenvalue weighted by Crippen LogP contribution is -1.97. The fourth-order valence-corrected chi connectivity index (χ4v) is 1.65. The molecular weight excluding hydrogens is 206 g/mol. The molecule has 4 N–H and O–H groups in total. The maximum atomic E-state index is 9.87. The predicted molar refractivity (Wildman–Crippen MR) is 63.7 cm³/mol. The number of aromatic hydroxyl groups is 1. The van der Waals surface area contributed by atoms with Gasteiger partial charge in [-0.2, -0.15) is 0 Å². The highest BCUT2D eigenvalue weighted by Crippen LogP contribution is 2.34. The average molecular weight is 225 g/mol. The summed E-state index contributed by atoms with van der Waals surface area (Å²) in [4.78, 5) is 0. The van der Waals surface area contributed by atoms with E-state index in [1.165, 1.54) is 7.11 Å². The quantitative estimate of drug-likeness (QED) is 0.508. The van der Waals surface area contributed by atoms with Crippen molar-refractivity contribution >= 4 is 5.69 Å². The first-order valence-corrected chi connectivity index (χ1v) is 5.46. The highest BCUT2D eigenvalue weighted by Gasteiger charge is 2.10. The van der Waals surface area contributed by atoms with Crippen molar-refractivity contribution in [1.29, 1.82) is 0 Å². The normalized spacial score (nSPS) is 10.4. The van der Waals surface area contributed by atoms with Crippen LogP contribution >= 0.6 is 0 Å². The molecule has 0 saturated carbocycles. The summed E-state index contributed by atoms with van der Waals surface area (Å²) in [5.41, 5.74) is 7.11. The Morgan fingerprint density at radius 3 is 2.62 bits per heavy atom. The zero-order chi connectivity index (χ0) is 12.0. The first-order valence-electron chi connectivity index (χ1n) is 5.46. The summed E-state index contributed by atoms with van der Waals surface area (Å²) in [6.07, 6.45) is 3.30. The SMILES string of the molecule is COc1ccc(N)c(CCCCCO)c1O. The van der Waals surface area contributed by atoms with Gasteiger partial charge in [0.1, 0.15) is 0 Å². The zero-order valence-corrected chi connectivity index (χ0v) is 9.57. The number of hydrogen-bond acceptors (Lipinski definition) is 4. The molecule has 0 aromatic heterocycles. The molecule has 0 unspecified atom stereocenters. The van der Waals surface area contributed by atoms with Crippen molar-refractivity contribution in [2.45, 2.75) is 25.7 Å². The van der Waals surface area contributed by atoms with Crippen LogP contribution in [0.4, 0.5) is 5.69 Å². The second-order valence-corrected chi connectivity index (χ2v) is 3.72. The fraction of sp³-hybridized carbons (Fsp3) is 0.500. The Labute approximate surface area is 95.7 Å². The van der Waals surface area contributed by atoms with Crippen LogP contribution < -0.4 is 10.5 Å². The molecule has 4 nitrogen and oxygen atoms in total. The fourth-order valence-electron chi connectivity index (χ4n) is 1.65. The summed E-state index contributed by atoms with van der Waals surface area (Å²) in [5.74, 6) is 0.581. The molecule has 0 atom stereocenters. The second-order valence-electron chi connectivity index (χ2n) is 3.72. The topological polar surface area (TPSA) is 75.7 Å². The van der Waals surface area contributed by atoms with Gasteiger partial charge in [0.15, 0.2) is 11.5 Å². The third-order valence-corrected chi connectivity index (χ3v) is 2.59. The second kappa shape index (κ2) is 6.23. The van der Waals surface area contributed by atoms with Crippen molar-refractivity contribution in [2.75, 3.05) is 19.5 Å². The summed E-state index contributed by atoms with van der Waals surface area (Å²) in [5, 5.41) is 18.5. The van der Waals surface area contributed by atoms with Gasteiger partial charge in [-0.15, -0.1) is 0 Å². The molecule has 0 aliphatic carbocycles. The number of unbranched alkanes of at least 4 members (excludes halogenated alkanes) is 2. The molecule has 1 aromatic rings. The van der Waals surface area contributed by atoms with E-state index in [0.717, 1.165) is 24.8 Å². The van der Waals surface area contributed by atoms with Gasteiger partial charge in [0.05, 0.1) is 7.11 Å². The van der Waals surface area contributed by atoms with E-state index in [1.807, 2.05) is 0 Å². The third kappa shape index (κ3) is 3.03. The number of nitrogen functional groups attached to an aromatic ring is 1. The molecule has 0 heterocycles. The minimum Gasteiger partial charge on any atom is -0.504 e. The van der Waals surface area contributed by atoms with E-state index in [1.54, 1.807) is 12.1 Å². The summed E-state index contributed by atoms with van der Waals surface area (Å²) in [7, 11) is 1.51. The summed E-state index contributed by atoms with van der Waals surface area (Å²) in [6, 6.07) is 3.39. The Bertz CT molecular complexity index is 339. The van der Waals surface area contributed by atoms with Gasteiger partial charge < -0.3 is 20.7 Å². The van der Waals surface area contributed by atoms with Crippen molar-refractivity contribution in [2.24, 2.45) is 0 Å². The van der Waals surface area contributed by atoms with Gasteiger partial charge in [-0.3, -0.25) is 0 Å². The van der Waals surface area contributed by atoms with Crippen LogP contribution in [0.2, 0.25) is 0 Å². The largest absolute Gasteiger partial charge is 0.504 e. The van der Waals surface area contributed by atoms with Crippen LogP contribution in [0.5, 0.6) is 11.5 Å². The van der Waals surface area contributed by atoms with Gasteiger partial charge in [0, 0.05) is 17.9 Å². The Balaban J connectivity index is 2.70. The standard InChI is InChI=1S/C12H19NO3/c1-16-11-7-6-10(13)9(12(11)15)5-3-2-4-8-14/h6-7,14-15H,2-5,8,13H2,1H3. The lowest BCUT2D eigenvalue weighted by atomic mass is 10.0. The monoisotopic (exact) mass is 225 g/mol. The molecule has 0 amide bonds. The van der Waals surface area contributed by atoms with Crippen molar-refractivity contribution in [3.05, 3.63) is 17.7 Å². The molecule has 1 rings (SSSR count). The van der Waals surface area contributed by atoms with Crippen LogP contribution in [0.15, 0.2) is 12.1 Å². The number of ether oxygens (including phenoxy) is 1. The number of benzene rings is 1. The number of nitrogens with two attached hydrogens (primary N) is 1. The van der Waals surface area contributed by atoms with Crippen molar-refractivity contribution in [1.82, 2.24) is 0 Å². The third-order valence-electron chi connectivity index (χ3n) is 2.59. The number of methoxy groups -OCH3 is 1. The molecule has 90 valence electrons. The van der Waals surface area contributed by atoms with Crippen molar-refractivity contribution < 1.29 is 14.9 Å². The molecule has 0 aliphatic rings. The molecule has 0 fully saturated rings. The van der Waals surface area contributed by atoms with E-state index < -0.39 is 0 Å². The van der Waals surface area contributed by atoms with E-state index in [4.69, 9.17) is 15.6 Å². The van der Waals surface area contributed by atoms with Gasteiger partial charge in [-0.05, 0) is 31.4 Å². The molecule has 1 aromatic carbocycles.